The fraction of sp³-hybridized carbons (Fsp3) is 0.318. The number of hydrogen-bond donors (Lipinski definition) is 1. The molecule has 1 N–H and O–H groups in total. The molecular weight excluding hydrogens is 500 g/mol. The summed E-state index contributed by atoms with van der Waals surface area (Å²) in [6.07, 6.45) is 6.02. The van der Waals surface area contributed by atoms with Crippen molar-refractivity contribution < 1.29 is 13.2 Å². The number of nitrogens with one attached hydrogen (secondary N) is 1. The molecule has 0 bridgehead atoms. The number of thioether (sulfide) groups is 1. The molecule has 2 heterocycles. The Balaban J connectivity index is 1.58. The van der Waals surface area contributed by atoms with Crippen LogP contribution in [0.2, 0.25) is 5.02 Å². The number of rotatable bonds is 6. The SMILES string of the molecule is CSc1ccc(S(=O)(=O)Nc2nnc(-c3ccc(Cl)cc3)s2)cc1C(=O)N1CCCCCC1. The van der Waals surface area contributed by atoms with E-state index in [0.29, 0.717) is 28.7 Å². The van der Waals surface area contributed by atoms with Crippen LogP contribution < -0.4 is 4.72 Å². The Bertz CT molecular complexity index is 1240. The molecule has 3 aromatic rings. The van der Waals surface area contributed by atoms with Gasteiger partial charge in [-0.2, -0.15) is 0 Å². The lowest BCUT2D eigenvalue weighted by Crippen LogP contribution is -2.32. The van der Waals surface area contributed by atoms with Gasteiger partial charge in [0.05, 0.1) is 10.5 Å². The summed E-state index contributed by atoms with van der Waals surface area (Å²) in [7, 11) is -3.95. The van der Waals surface area contributed by atoms with Gasteiger partial charge in [-0.15, -0.1) is 22.0 Å². The highest BCUT2D eigenvalue weighted by Crippen LogP contribution is 2.30. The maximum Gasteiger partial charge on any atom is 0.263 e. The molecule has 33 heavy (non-hydrogen) atoms. The van der Waals surface area contributed by atoms with Crippen LogP contribution in [0.3, 0.4) is 0 Å². The third-order valence-corrected chi connectivity index (χ3v) is 8.74. The molecular formula is C22H23ClN4O3S3. The summed E-state index contributed by atoms with van der Waals surface area (Å²) >= 11 is 8.47. The quantitative estimate of drug-likeness (QED) is 0.436. The van der Waals surface area contributed by atoms with Gasteiger partial charge in [0.1, 0.15) is 5.01 Å². The highest BCUT2D eigenvalue weighted by Gasteiger charge is 2.24. The van der Waals surface area contributed by atoms with Crippen LogP contribution in [0.1, 0.15) is 36.0 Å². The highest BCUT2D eigenvalue weighted by molar-refractivity contribution is 7.98. The second kappa shape index (κ2) is 10.4. The zero-order valence-electron chi connectivity index (χ0n) is 18.0. The number of hydrogen-bond acceptors (Lipinski definition) is 7. The van der Waals surface area contributed by atoms with Gasteiger partial charge in [0, 0.05) is 28.6 Å². The van der Waals surface area contributed by atoms with Gasteiger partial charge in [-0.3, -0.25) is 9.52 Å². The fourth-order valence-corrected chi connectivity index (χ4v) is 6.31. The zero-order valence-corrected chi connectivity index (χ0v) is 21.2. The van der Waals surface area contributed by atoms with Crippen molar-refractivity contribution in [2.24, 2.45) is 0 Å². The zero-order chi connectivity index (χ0) is 23.4. The third-order valence-electron chi connectivity index (χ3n) is 5.34. The van der Waals surface area contributed by atoms with Gasteiger partial charge >= 0.3 is 0 Å². The molecule has 11 heteroatoms. The third kappa shape index (κ3) is 5.68. The molecule has 0 aliphatic carbocycles. The average molecular weight is 523 g/mol. The molecule has 0 saturated carbocycles. The van der Waals surface area contributed by atoms with Gasteiger partial charge in [-0.25, -0.2) is 8.42 Å². The number of carbonyl (C=O) groups is 1. The molecule has 1 aliphatic heterocycles. The lowest BCUT2D eigenvalue weighted by molar-refractivity contribution is 0.0758. The molecule has 174 valence electrons. The van der Waals surface area contributed by atoms with E-state index in [-0.39, 0.29) is 15.9 Å². The molecule has 0 atom stereocenters. The minimum atomic E-state index is -3.95. The van der Waals surface area contributed by atoms with Crippen molar-refractivity contribution in [2.75, 3.05) is 24.1 Å². The van der Waals surface area contributed by atoms with Crippen molar-refractivity contribution >= 4 is 55.8 Å². The van der Waals surface area contributed by atoms with Crippen molar-refractivity contribution in [3.63, 3.8) is 0 Å². The van der Waals surface area contributed by atoms with E-state index in [4.69, 9.17) is 11.6 Å². The van der Waals surface area contributed by atoms with E-state index in [1.807, 2.05) is 11.2 Å². The largest absolute Gasteiger partial charge is 0.339 e. The molecule has 1 aliphatic rings. The van der Waals surface area contributed by atoms with E-state index in [1.165, 1.54) is 23.9 Å². The van der Waals surface area contributed by atoms with Gasteiger partial charge in [-0.05, 0) is 49.4 Å². The van der Waals surface area contributed by atoms with Crippen LogP contribution in [-0.2, 0) is 10.0 Å². The summed E-state index contributed by atoms with van der Waals surface area (Å²) in [6, 6.07) is 11.7. The van der Waals surface area contributed by atoms with Crippen LogP contribution >= 0.6 is 34.7 Å². The van der Waals surface area contributed by atoms with Crippen molar-refractivity contribution in [3.05, 3.63) is 53.1 Å². The number of anilines is 1. The first-order valence-electron chi connectivity index (χ1n) is 10.5. The van der Waals surface area contributed by atoms with Gasteiger partial charge in [0.2, 0.25) is 5.13 Å². The Labute approximate surface area is 206 Å². The Morgan fingerprint density at radius 1 is 1.06 bits per heavy atom. The smallest absolute Gasteiger partial charge is 0.263 e. The molecule has 0 spiro atoms. The van der Waals surface area contributed by atoms with E-state index in [1.54, 1.807) is 30.3 Å². The van der Waals surface area contributed by atoms with E-state index in [2.05, 4.69) is 14.9 Å². The molecule has 1 amide bonds. The number of carbonyl (C=O) groups excluding carboxylic acids is 1. The van der Waals surface area contributed by atoms with Crippen molar-refractivity contribution in [1.82, 2.24) is 15.1 Å². The van der Waals surface area contributed by atoms with E-state index >= 15 is 0 Å². The first-order chi connectivity index (χ1) is 15.9. The summed E-state index contributed by atoms with van der Waals surface area (Å²) in [4.78, 5) is 15.8. The van der Waals surface area contributed by atoms with Crippen LogP contribution in [-0.4, -0.2) is 48.8 Å². The predicted octanol–water partition coefficient (Wildman–Crippen LogP) is 5.40. The number of likely N-dealkylation sites (tertiary alicyclic amines) is 1. The summed E-state index contributed by atoms with van der Waals surface area (Å²) in [5.41, 5.74) is 1.20. The van der Waals surface area contributed by atoms with Gasteiger partial charge in [-0.1, -0.05) is 47.9 Å². The number of nitrogens with zero attached hydrogens (tertiary/aromatic N) is 3. The number of halogens is 1. The molecule has 2 aromatic carbocycles. The standard InChI is InChI=1S/C22H23ClN4O3S3/c1-31-19-11-10-17(14-18(19)21(28)27-12-4-2-3-5-13-27)33(29,30)26-22-25-24-20(32-22)15-6-8-16(23)9-7-15/h6-11,14H,2-5,12-13H2,1H3,(H,25,26). The number of amides is 1. The Morgan fingerprint density at radius 3 is 2.42 bits per heavy atom. The second-order valence-corrected chi connectivity index (χ2v) is 11.5. The maximum atomic E-state index is 13.2. The van der Waals surface area contributed by atoms with Crippen molar-refractivity contribution in [3.8, 4) is 10.6 Å². The van der Waals surface area contributed by atoms with Crippen molar-refractivity contribution in [2.45, 2.75) is 35.5 Å². The lowest BCUT2D eigenvalue weighted by atomic mass is 10.2. The molecule has 1 saturated heterocycles. The molecule has 1 aromatic heterocycles. The monoisotopic (exact) mass is 522 g/mol. The first kappa shape index (κ1) is 24.0. The van der Waals surface area contributed by atoms with Crippen LogP contribution in [0.15, 0.2) is 52.3 Å². The molecule has 7 nitrogen and oxygen atoms in total. The highest BCUT2D eigenvalue weighted by atomic mass is 35.5. The minimum absolute atomic E-state index is 0.0155. The number of aromatic nitrogens is 2. The van der Waals surface area contributed by atoms with E-state index in [0.717, 1.165) is 47.5 Å². The van der Waals surface area contributed by atoms with Crippen LogP contribution in [0, 0.1) is 0 Å². The molecule has 1 fully saturated rings. The minimum Gasteiger partial charge on any atom is -0.339 e. The van der Waals surface area contributed by atoms with Gasteiger partial charge in [0.25, 0.3) is 15.9 Å². The lowest BCUT2D eigenvalue weighted by Gasteiger charge is -2.22. The molecule has 0 radical (unpaired) electrons. The molecule has 0 unspecified atom stereocenters. The van der Waals surface area contributed by atoms with Crippen LogP contribution in [0.5, 0.6) is 0 Å². The topological polar surface area (TPSA) is 92.3 Å². The fourth-order valence-electron chi connectivity index (χ4n) is 3.61. The number of sulfonamides is 1. The summed E-state index contributed by atoms with van der Waals surface area (Å²) in [5, 5.41) is 9.35. The van der Waals surface area contributed by atoms with Crippen molar-refractivity contribution in [1.29, 1.82) is 0 Å². The average Bonchev–Trinajstić information content (AvgIpc) is 3.09. The predicted molar refractivity (Wildman–Crippen MR) is 134 cm³/mol. The first-order valence-corrected chi connectivity index (χ1v) is 14.4. The summed E-state index contributed by atoms with van der Waals surface area (Å²) in [5.74, 6) is -0.126. The summed E-state index contributed by atoms with van der Waals surface area (Å²) < 4.78 is 28.6. The Hall–Kier alpha value is -2.14. The molecule has 4 rings (SSSR count). The van der Waals surface area contributed by atoms with Gasteiger partial charge in [0.15, 0.2) is 0 Å². The Morgan fingerprint density at radius 2 is 1.76 bits per heavy atom. The second-order valence-electron chi connectivity index (χ2n) is 7.59. The van der Waals surface area contributed by atoms with Crippen LogP contribution in [0.4, 0.5) is 5.13 Å². The van der Waals surface area contributed by atoms with Gasteiger partial charge < -0.3 is 4.90 Å². The maximum absolute atomic E-state index is 13.2. The number of benzene rings is 2. The Kier molecular flexibility index (Phi) is 7.58. The van der Waals surface area contributed by atoms with Crippen LogP contribution in [0.25, 0.3) is 10.6 Å². The summed E-state index contributed by atoms with van der Waals surface area (Å²) in [6.45, 7) is 1.39. The van der Waals surface area contributed by atoms with E-state index < -0.39 is 10.0 Å². The van der Waals surface area contributed by atoms with E-state index in [9.17, 15) is 13.2 Å². The normalized spacial score (nSPS) is 14.7.